The van der Waals surface area contributed by atoms with E-state index in [0.29, 0.717) is 16.4 Å². The second-order valence-electron chi connectivity index (χ2n) is 6.86. The molecule has 0 aromatic heterocycles. The van der Waals surface area contributed by atoms with E-state index in [1.807, 2.05) is 0 Å². The molecule has 4 rings (SSSR count). The van der Waals surface area contributed by atoms with Crippen LogP contribution in [0.25, 0.3) is 0 Å². The summed E-state index contributed by atoms with van der Waals surface area (Å²) >= 11 is 7.12. The largest absolute Gasteiger partial charge is 0.316 e. The normalized spacial score (nSPS) is 24.1. The molecule has 0 spiro atoms. The Kier molecular flexibility index (Phi) is 5.39. The van der Waals surface area contributed by atoms with Crippen molar-refractivity contribution in [3.8, 4) is 0 Å². The summed E-state index contributed by atoms with van der Waals surface area (Å²) in [5.41, 5.74) is 1.09. The van der Waals surface area contributed by atoms with Crippen molar-refractivity contribution in [3.63, 3.8) is 0 Å². The first-order chi connectivity index (χ1) is 13.7. The van der Waals surface area contributed by atoms with Crippen molar-refractivity contribution >= 4 is 50.0 Å². The third-order valence-corrected chi connectivity index (χ3v) is 8.24. The number of carbonyl (C=O) groups excluding carboxylic acids is 1. The standard InChI is InChI=1S/C19H15ClF2N2O3S2/c20-14-8-13(5-6-15(14)22)24-16-9-29(26,27)10-17(16)28-19(24)23-18(25)7-11-1-3-12(21)4-2-11/h1-6,8,16-17H,7,9-10H2. The van der Waals surface area contributed by atoms with Crippen LogP contribution >= 0.6 is 23.4 Å². The number of thioether (sulfide) groups is 1. The van der Waals surface area contributed by atoms with E-state index < -0.39 is 33.4 Å². The fraction of sp³-hybridized carbons (Fsp3) is 0.263. The molecule has 0 saturated carbocycles. The van der Waals surface area contributed by atoms with Gasteiger partial charge in [0.15, 0.2) is 15.0 Å². The quantitative estimate of drug-likeness (QED) is 0.707. The van der Waals surface area contributed by atoms with Crippen molar-refractivity contribution in [3.05, 3.63) is 64.7 Å². The number of amidine groups is 1. The van der Waals surface area contributed by atoms with Crippen LogP contribution in [0.1, 0.15) is 5.56 Å². The summed E-state index contributed by atoms with van der Waals surface area (Å²) in [7, 11) is -3.21. The highest BCUT2D eigenvalue weighted by atomic mass is 35.5. The van der Waals surface area contributed by atoms with E-state index >= 15 is 0 Å². The molecule has 2 aromatic rings. The minimum atomic E-state index is -3.21. The number of nitrogens with zero attached hydrogens (tertiary/aromatic N) is 2. The van der Waals surface area contributed by atoms with Gasteiger partial charge in [0, 0.05) is 10.9 Å². The van der Waals surface area contributed by atoms with E-state index in [-0.39, 0.29) is 28.2 Å². The lowest BCUT2D eigenvalue weighted by atomic mass is 10.1. The molecule has 152 valence electrons. The smallest absolute Gasteiger partial charge is 0.252 e. The molecule has 29 heavy (non-hydrogen) atoms. The van der Waals surface area contributed by atoms with Gasteiger partial charge in [-0.25, -0.2) is 17.2 Å². The van der Waals surface area contributed by atoms with Crippen LogP contribution in [0.2, 0.25) is 5.02 Å². The minimum Gasteiger partial charge on any atom is -0.316 e. The van der Waals surface area contributed by atoms with Crippen molar-refractivity contribution < 1.29 is 22.0 Å². The van der Waals surface area contributed by atoms with Crippen molar-refractivity contribution in [2.45, 2.75) is 17.7 Å². The predicted molar refractivity (Wildman–Crippen MR) is 110 cm³/mol. The number of carbonyl (C=O) groups is 1. The molecule has 0 radical (unpaired) electrons. The third kappa shape index (κ3) is 4.31. The fourth-order valence-electron chi connectivity index (χ4n) is 3.42. The summed E-state index contributed by atoms with van der Waals surface area (Å²) in [6.07, 6.45) is -0.0179. The van der Waals surface area contributed by atoms with E-state index in [1.165, 1.54) is 54.2 Å². The van der Waals surface area contributed by atoms with E-state index in [0.717, 1.165) is 0 Å². The summed E-state index contributed by atoms with van der Waals surface area (Å²) in [4.78, 5) is 18.3. The SMILES string of the molecule is O=C(Cc1ccc(F)cc1)N=C1SC2CS(=O)(=O)CC2N1c1ccc(F)c(Cl)c1. The number of benzene rings is 2. The van der Waals surface area contributed by atoms with Crippen molar-refractivity contribution in [2.24, 2.45) is 4.99 Å². The molecule has 10 heteroatoms. The first-order valence-corrected chi connectivity index (χ1v) is 11.8. The topological polar surface area (TPSA) is 66.8 Å². The maximum atomic E-state index is 13.6. The lowest BCUT2D eigenvalue weighted by Gasteiger charge is -2.24. The number of rotatable bonds is 3. The summed E-state index contributed by atoms with van der Waals surface area (Å²) < 4.78 is 50.8. The van der Waals surface area contributed by atoms with Gasteiger partial charge in [0.25, 0.3) is 5.91 Å². The molecule has 0 bridgehead atoms. The number of hydrogen-bond donors (Lipinski definition) is 0. The second-order valence-corrected chi connectivity index (χ2v) is 10.6. The predicted octanol–water partition coefficient (Wildman–Crippen LogP) is 3.46. The Morgan fingerprint density at radius 1 is 1.17 bits per heavy atom. The highest BCUT2D eigenvalue weighted by Gasteiger charge is 2.49. The Morgan fingerprint density at radius 2 is 1.90 bits per heavy atom. The molecule has 0 N–H and O–H groups in total. The zero-order valence-corrected chi connectivity index (χ0v) is 17.3. The van der Waals surface area contributed by atoms with E-state index in [1.54, 1.807) is 4.90 Å². The van der Waals surface area contributed by atoms with Gasteiger partial charge in [-0.3, -0.25) is 4.79 Å². The van der Waals surface area contributed by atoms with Crippen molar-refractivity contribution in [1.29, 1.82) is 0 Å². The molecule has 2 fully saturated rings. The lowest BCUT2D eigenvalue weighted by molar-refractivity contribution is -0.117. The van der Waals surface area contributed by atoms with Gasteiger partial charge in [0.05, 0.1) is 29.0 Å². The van der Waals surface area contributed by atoms with E-state index in [4.69, 9.17) is 11.6 Å². The maximum Gasteiger partial charge on any atom is 0.252 e. The van der Waals surface area contributed by atoms with Gasteiger partial charge in [-0.2, -0.15) is 4.99 Å². The molecule has 2 heterocycles. The molecule has 0 aliphatic carbocycles. The molecule has 1 amide bonds. The number of anilines is 1. The molecule has 2 aliphatic heterocycles. The fourth-order valence-corrected chi connectivity index (χ4v) is 7.53. The average molecular weight is 457 g/mol. The Hall–Kier alpha value is -1.97. The van der Waals surface area contributed by atoms with Crippen molar-refractivity contribution in [1.82, 2.24) is 0 Å². The molecule has 5 nitrogen and oxygen atoms in total. The monoisotopic (exact) mass is 456 g/mol. The zero-order chi connectivity index (χ0) is 20.8. The van der Waals surface area contributed by atoms with Crippen molar-refractivity contribution in [2.75, 3.05) is 16.4 Å². The summed E-state index contributed by atoms with van der Waals surface area (Å²) in [5.74, 6) is -1.53. The molecule has 2 saturated heterocycles. The maximum absolute atomic E-state index is 13.6. The van der Waals surface area contributed by atoms with Crippen LogP contribution < -0.4 is 4.90 Å². The first-order valence-electron chi connectivity index (χ1n) is 8.69. The molecular formula is C19H15ClF2N2O3S2. The van der Waals surface area contributed by atoms with Crippen LogP contribution in [0.5, 0.6) is 0 Å². The van der Waals surface area contributed by atoms with Crippen LogP contribution in [0.3, 0.4) is 0 Å². The Bertz CT molecular complexity index is 1110. The minimum absolute atomic E-state index is 0.0149. The number of aliphatic imine (C=N–C) groups is 1. The highest BCUT2D eigenvalue weighted by Crippen LogP contribution is 2.41. The average Bonchev–Trinajstić information content (AvgIpc) is 3.10. The molecule has 2 aliphatic rings. The Morgan fingerprint density at radius 3 is 2.59 bits per heavy atom. The lowest BCUT2D eigenvalue weighted by Crippen LogP contribution is -2.37. The number of fused-ring (bicyclic) bond motifs is 1. The van der Waals surface area contributed by atoms with Gasteiger partial charge in [-0.1, -0.05) is 35.5 Å². The number of halogens is 3. The van der Waals surface area contributed by atoms with Gasteiger partial charge in [0.2, 0.25) is 0 Å². The van der Waals surface area contributed by atoms with Crippen LogP contribution in [0, 0.1) is 11.6 Å². The molecule has 2 atom stereocenters. The van der Waals surface area contributed by atoms with Gasteiger partial charge >= 0.3 is 0 Å². The van der Waals surface area contributed by atoms with Crippen LogP contribution in [-0.2, 0) is 21.1 Å². The number of hydrogen-bond acceptors (Lipinski definition) is 4. The van der Waals surface area contributed by atoms with E-state index in [2.05, 4.69) is 4.99 Å². The first kappa shape index (κ1) is 20.3. The summed E-state index contributed by atoms with van der Waals surface area (Å²) in [6.45, 7) is 0. The zero-order valence-electron chi connectivity index (χ0n) is 14.9. The van der Waals surface area contributed by atoms with Gasteiger partial charge < -0.3 is 4.90 Å². The van der Waals surface area contributed by atoms with Gasteiger partial charge in [-0.05, 0) is 35.9 Å². The molecular weight excluding hydrogens is 442 g/mol. The third-order valence-electron chi connectivity index (χ3n) is 4.74. The Labute approximate surface area is 175 Å². The van der Waals surface area contributed by atoms with Crippen LogP contribution in [0.15, 0.2) is 47.5 Å². The number of amides is 1. The van der Waals surface area contributed by atoms with E-state index in [9.17, 15) is 22.0 Å². The van der Waals surface area contributed by atoms with Gasteiger partial charge in [-0.15, -0.1) is 0 Å². The second kappa shape index (κ2) is 7.70. The summed E-state index contributed by atoms with van der Waals surface area (Å²) in [6, 6.07) is 9.20. The Balaban J connectivity index is 1.65. The highest BCUT2D eigenvalue weighted by molar-refractivity contribution is 8.16. The van der Waals surface area contributed by atoms with Crippen LogP contribution in [0.4, 0.5) is 14.5 Å². The molecule has 2 aromatic carbocycles. The van der Waals surface area contributed by atoms with Crippen LogP contribution in [-0.4, -0.2) is 42.3 Å². The summed E-state index contributed by atoms with van der Waals surface area (Å²) in [5, 5.41) is -0.0281. The van der Waals surface area contributed by atoms with Gasteiger partial charge in [0.1, 0.15) is 11.6 Å². The molecule has 2 unspecified atom stereocenters. The number of sulfone groups is 1.